The maximum Gasteiger partial charge on any atom is 0.284 e. The number of benzene rings is 2. The largest absolute Gasteiger partial charge is 0.286 e. The summed E-state index contributed by atoms with van der Waals surface area (Å²) >= 11 is 1.17. The number of halogens is 1. The third kappa shape index (κ3) is 4.23. The number of nitrogens with zero attached hydrogens (tertiary/aromatic N) is 2. The minimum absolute atomic E-state index is 0.0420. The number of rotatable bonds is 4. The molecule has 2 fully saturated rings. The van der Waals surface area contributed by atoms with Crippen molar-refractivity contribution in [1.29, 1.82) is 0 Å². The molecule has 5 nitrogen and oxygen atoms in total. The van der Waals surface area contributed by atoms with Gasteiger partial charge in [0.25, 0.3) is 10.0 Å². The molecule has 1 amide bonds. The molecule has 152 valence electrons. The van der Waals surface area contributed by atoms with Crippen LogP contribution in [0.25, 0.3) is 0 Å². The van der Waals surface area contributed by atoms with Gasteiger partial charge in [-0.25, -0.2) is 4.39 Å². The number of hydrogen-bond acceptors (Lipinski definition) is 4. The Bertz CT molecular complexity index is 1020. The molecule has 1 aliphatic heterocycles. The van der Waals surface area contributed by atoms with Gasteiger partial charge in [0.2, 0.25) is 5.91 Å². The van der Waals surface area contributed by atoms with Crippen molar-refractivity contribution in [2.24, 2.45) is 4.40 Å². The summed E-state index contributed by atoms with van der Waals surface area (Å²) in [5.74, 6) is -0.642. The number of carbonyl (C=O) groups excluding carboxylic acids is 1. The van der Waals surface area contributed by atoms with Crippen molar-refractivity contribution in [2.45, 2.75) is 48.3 Å². The summed E-state index contributed by atoms with van der Waals surface area (Å²) < 4.78 is 42.8. The molecule has 0 aromatic heterocycles. The fourth-order valence-corrected chi connectivity index (χ4v) is 6.19. The summed E-state index contributed by atoms with van der Waals surface area (Å²) in [4.78, 5) is 14.8. The number of thioether (sulfide) groups is 1. The van der Waals surface area contributed by atoms with Crippen LogP contribution >= 0.6 is 11.8 Å². The number of sulfonamides is 1. The number of hydrogen-bond donors (Lipinski definition) is 0. The normalized spacial score (nSPS) is 22.4. The van der Waals surface area contributed by atoms with Crippen LogP contribution in [0.1, 0.15) is 42.9 Å². The topological polar surface area (TPSA) is 66.8 Å². The first-order valence-corrected chi connectivity index (χ1v) is 11.9. The smallest absolute Gasteiger partial charge is 0.284 e. The third-order valence-corrected chi connectivity index (χ3v) is 7.85. The van der Waals surface area contributed by atoms with Crippen molar-refractivity contribution >= 4 is 32.9 Å². The zero-order chi connectivity index (χ0) is 20.4. The van der Waals surface area contributed by atoms with Gasteiger partial charge in [0.1, 0.15) is 11.1 Å². The highest BCUT2D eigenvalue weighted by Crippen LogP contribution is 2.43. The van der Waals surface area contributed by atoms with E-state index in [0.717, 1.165) is 49.8 Å². The predicted molar refractivity (Wildman–Crippen MR) is 112 cm³/mol. The Labute approximate surface area is 174 Å². The lowest BCUT2D eigenvalue weighted by Gasteiger charge is -2.30. The lowest BCUT2D eigenvalue weighted by atomic mass is 9.94. The number of amides is 1. The second-order valence-electron chi connectivity index (χ2n) is 7.21. The molecule has 1 saturated carbocycles. The quantitative estimate of drug-likeness (QED) is 0.712. The summed E-state index contributed by atoms with van der Waals surface area (Å²) in [7, 11) is -4.05. The fourth-order valence-electron chi connectivity index (χ4n) is 3.77. The van der Waals surface area contributed by atoms with Crippen LogP contribution in [-0.4, -0.2) is 30.4 Å². The van der Waals surface area contributed by atoms with E-state index in [0.29, 0.717) is 0 Å². The summed E-state index contributed by atoms with van der Waals surface area (Å²) in [6.07, 6.45) is 4.81. The van der Waals surface area contributed by atoms with Crippen molar-refractivity contribution in [2.75, 3.05) is 0 Å². The average Bonchev–Trinajstić information content (AvgIpc) is 3.05. The molecule has 2 aromatic rings. The van der Waals surface area contributed by atoms with Crippen LogP contribution < -0.4 is 0 Å². The first kappa shape index (κ1) is 20.1. The minimum Gasteiger partial charge on any atom is -0.286 e. The molecule has 0 spiro atoms. The highest BCUT2D eigenvalue weighted by atomic mass is 32.2. The van der Waals surface area contributed by atoms with Gasteiger partial charge in [-0.05, 0) is 42.7 Å². The molecule has 0 radical (unpaired) electrons. The first-order chi connectivity index (χ1) is 14.0. The zero-order valence-corrected chi connectivity index (χ0v) is 17.3. The molecule has 0 bridgehead atoms. The number of carbonyl (C=O) groups is 1. The van der Waals surface area contributed by atoms with E-state index >= 15 is 0 Å². The van der Waals surface area contributed by atoms with Crippen LogP contribution in [-0.2, 0) is 14.8 Å². The Balaban J connectivity index is 1.72. The van der Waals surface area contributed by atoms with Crippen LogP contribution in [0.3, 0.4) is 0 Å². The molecule has 0 unspecified atom stereocenters. The third-order valence-electron chi connectivity index (χ3n) is 5.24. The second kappa shape index (κ2) is 8.28. The molecule has 0 N–H and O–H groups in total. The lowest BCUT2D eigenvalue weighted by Crippen LogP contribution is -2.41. The van der Waals surface area contributed by atoms with Gasteiger partial charge < -0.3 is 0 Å². The van der Waals surface area contributed by atoms with E-state index in [2.05, 4.69) is 4.40 Å². The van der Waals surface area contributed by atoms with Gasteiger partial charge in [0, 0.05) is 6.04 Å². The molecule has 29 heavy (non-hydrogen) atoms. The van der Waals surface area contributed by atoms with Crippen molar-refractivity contribution in [1.82, 2.24) is 4.90 Å². The minimum atomic E-state index is -4.05. The molecule has 1 saturated heterocycles. The van der Waals surface area contributed by atoms with E-state index in [1.807, 2.05) is 30.3 Å². The Kier molecular flexibility index (Phi) is 5.74. The zero-order valence-electron chi connectivity index (χ0n) is 15.7. The lowest BCUT2D eigenvalue weighted by molar-refractivity contribution is -0.128. The van der Waals surface area contributed by atoms with E-state index in [9.17, 15) is 17.6 Å². The maximum atomic E-state index is 13.3. The summed E-state index contributed by atoms with van der Waals surface area (Å²) in [5, 5.41) is -0.305. The molecular formula is C21H21FN2O3S2. The SMILES string of the molecule is O=C1[C@H](c2ccccc2)SC(=NS(=O)(=O)c2ccc(F)cc2)N1C1CCCCC1. The van der Waals surface area contributed by atoms with Gasteiger partial charge in [-0.15, -0.1) is 4.40 Å². The summed E-state index contributed by atoms with van der Waals surface area (Å²) in [5.41, 5.74) is 0.827. The maximum absolute atomic E-state index is 13.3. The van der Waals surface area contributed by atoms with Crippen LogP contribution in [0, 0.1) is 5.82 Å². The van der Waals surface area contributed by atoms with Crippen LogP contribution in [0.2, 0.25) is 0 Å². The van der Waals surface area contributed by atoms with Crippen molar-refractivity contribution in [3.8, 4) is 0 Å². The Morgan fingerprint density at radius 1 is 0.966 bits per heavy atom. The number of amidine groups is 1. The second-order valence-corrected chi connectivity index (χ2v) is 9.89. The molecule has 1 atom stereocenters. The first-order valence-electron chi connectivity index (χ1n) is 9.61. The van der Waals surface area contributed by atoms with Crippen molar-refractivity contribution in [3.63, 3.8) is 0 Å². The molecule has 4 rings (SSSR count). The van der Waals surface area contributed by atoms with Gasteiger partial charge in [-0.1, -0.05) is 61.4 Å². The van der Waals surface area contributed by atoms with E-state index in [4.69, 9.17) is 0 Å². The molecule has 1 heterocycles. The molecule has 2 aromatic carbocycles. The molecule has 2 aliphatic rings. The van der Waals surface area contributed by atoms with Crippen LogP contribution in [0.4, 0.5) is 4.39 Å². The predicted octanol–water partition coefficient (Wildman–Crippen LogP) is 4.52. The van der Waals surface area contributed by atoms with E-state index in [1.165, 1.54) is 23.9 Å². The van der Waals surface area contributed by atoms with Crippen LogP contribution in [0.15, 0.2) is 63.9 Å². The van der Waals surface area contributed by atoms with E-state index in [1.54, 1.807) is 4.90 Å². The monoisotopic (exact) mass is 432 g/mol. The van der Waals surface area contributed by atoms with Gasteiger partial charge in [0.15, 0.2) is 5.17 Å². The van der Waals surface area contributed by atoms with Crippen molar-refractivity contribution < 1.29 is 17.6 Å². The van der Waals surface area contributed by atoms with E-state index < -0.39 is 21.1 Å². The Morgan fingerprint density at radius 3 is 2.28 bits per heavy atom. The van der Waals surface area contributed by atoms with Gasteiger partial charge >= 0.3 is 0 Å². The Hall–Kier alpha value is -2.19. The molecular weight excluding hydrogens is 411 g/mol. The Morgan fingerprint density at radius 2 is 1.62 bits per heavy atom. The highest BCUT2D eigenvalue weighted by molar-refractivity contribution is 8.15. The highest BCUT2D eigenvalue weighted by Gasteiger charge is 2.43. The van der Waals surface area contributed by atoms with Crippen LogP contribution in [0.5, 0.6) is 0 Å². The van der Waals surface area contributed by atoms with Crippen molar-refractivity contribution in [3.05, 3.63) is 66.0 Å². The standard InChI is InChI=1S/C21H21FN2O3S2/c22-16-11-13-18(14-12-16)29(26,27)23-21-24(17-9-5-2-6-10-17)20(25)19(28-21)15-7-3-1-4-8-15/h1,3-4,7-8,11-14,17,19H,2,5-6,9-10H2/t19-/m0/s1. The molecule has 1 aliphatic carbocycles. The van der Waals surface area contributed by atoms with Gasteiger partial charge in [-0.2, -0.15) is 8.42 Å². The average molecular weight is 433 g/mol. The molecule has 8 heteroatoms. The van der Waals surface area contributed by atoms with E-state index in [-0.39, 0.29) is 22.0 Å². The van der Waals surface area contributed by atoms with Gasteiger partial charge in [-0.3, -0.25) is 9.69 Å². The summed E-state index contributed by atoms with van der Waals surface area (Å²) in [6.45, 7) is 0. The van der Waals surface area contributed by atoms with Gasteiger partial charge in [0.05, 0.1) is 4.90 Å². The fraction of sp³-hybridized carbons (Fsp3) is 0.333. The summed E-state index contributed by atoms with van der Waals surface area (Å²) in [6, 6.07) is 13.8.